The van der Waals surface area contributed by atoms with Crippen LogP contribution in [0.5, 0.6) is 5.75 Å². The van der Waals surface area contributed by atoms with Crippen LogP contribution in [0.2, 0.25) is 5.02 Å². The van der Waals surface area contributed by atoms with Crippen molar-refractivity contribution in [3.63, 3.8) is 0 Å². The Morgan fingerprint density at radius 2 is 1.97 bits per heavy atom. The van der Waals surface area contributed by atoms with Gasteiger partial charge in [-0.05, 0) is 78.7 Å². The van der Waals surface area contributed by atoms with Crippen molar-refractivity contribution in [3.05, 3.63) is 40.2 Å². The van der Waals surface area contributed by atoms with Crippen molar-refractivity contribution in [1.29, 1.82) is 0 Å². The number of amides is 1. The van der Waals surface area contributed by atoms with Gasteiger partial charge in [-0.15, -0.1) is 0 Å². The maximum absolute atomic E-state index is 12.1. The van der Waals surface area contributed by atoms with E-state index >= 15 is 0 Å². The third kappa shape index (κ3) is 6.80. The van der Waals surface area contributed by atoms with E-state index < -0.39 is 0 Å². The summed E-state index contributed by atoms with van der Waals surface area (Å²) in [6.07, 6.45) is 2.17. The highest BCUT2D eigenvalue weighted by atomic mass is 35.5. The third-order valence-corrected chi connectivity index (χ3v) is 7.13. The van der Waals surface area contributed by atoms with Crippen molar-refractivity contribution in [2.45, 2.75) is 53.0 Å². The number of carbonyl (C=O) groups is 1. The summed E-state index contributed by atoms with van der Waals surface area (Å²) in [5, 5.41) is 11.4. The zero-order valence-corrected chi connectivity index (χ0v) is 24.0. The number of piperidine rings is 1. The zero-order chi connectivity index (χ0) is 27.9. The van der Waals surface area contributed by atoms with Crippen LogP contribution in [0.15, 0.2) is 22.7 Å². The second-order valence-electron chi connectivity index (χ2n) is 9.62. The van der Waals surface area contributed by atoms with E-state index in [9.17, 15) is 4.79 Å². The van der Waals surface area contributed by atoms with Gasteiger partial charge in [0.05, 0.1) is 35.2 Å². The number of nitrogens with zero attached hydrogens (tertiary/aromatic N) is 4. The van der Waals surface area contributed by atoms with Gasteiger partial charge in [0.2, 0.25) is 0 Å². The summed E-state index contributed by atoms with van der Waals surface area (Å²) >= 11 is 6.66. The maximum atomic E-state index is 12.1. The van der Waals surface area contributed by atoms with Gasteiger partial charge in [0, 0.05) is 30.3 Å². The Morgan fingerprint density at radius 3 is 2.64 bits per heavy atom. The summed E-state index contributed by atoms with van der Waals surface area (Å²) in [4.78, 5) is 23.8. The second kappa shape index (κ2) is 13.1. The largest absolute Gasteiger partial charge is 0.494 e. The van der Waals surface area contributed by atoms with Gasteiger partial charge in [0.15, 0.2) is 5.82 Å². The number of carbonyl (C=O) groups excluding carboxylic acids is 1. The molecule has 3 heterocycles. The van der Waals surface area contributed by atoms with Gasteiger partial charge < -0.3 is 29.5 Å². The number of halogens is 1. The average molecular weight is 557 g/mol. The van der Waals surface area contributed by atoms with Crippen LogP contribution < -0.4 is 15.4 Å². The minimum atomic E-state index is -0.264. The Morgan fingerprint density at radius 1 is 1.21 bits per heavy atom. The maximum Gasteiger partial charge on any atom is 0.409 e. The predicted octanol–water partition coefficient (Wildman–Crippen LogP) is 5.40. The van der Waals surface area contributed by atoms with Gasteiger partial charge in [-0.3, -0.25) is 0 Å². The lowest BCUT2D eigenvalue weighted by Crippen LogP contribution is -2.42. The van der Waals surface area contributed by atoms with Gasteiger partial charge in [-0.1, -0.05) is 16.8 Å². The highest BCUT2D eigenvalue weighted by Crippen LogP contribution is 2.36. The summed E-state index contributed by atoms with van der Waals surface area (Å²) in [7, 11) is 1.92. The summed E-state index contributed by atoms with van der Waals surface area (Å²) < 4.78 is 16.6. The molecule has 0 bridgehead atoms. The summed E-state index contributed by atoms with van der Waals surface area (Å²) in [6.45, 7) is 10.6. The fourth-order valence-corrected chi connectivity index (χ4v) is 4.86. The lowest BCUT2D eigenvalue weighted by Gasteiger charge is -2.32. The normalized spacial score (nSPS) is 13.9. The first-order valence-electron chi connectivity index (χ1n) is 13.4. The number of aryl methyl sites for hydroxylation is 2. The van der Waals surface area contributed by atoms with Crippen molar-refractivity contribution < 1.29 is 18.8 Å². The minimum absolute atomic E-state index is 0.131. The molecule has 0 radical (unpaired) electrons. The van der Waals surface area contributed by atoms with E-state index in [0.29, 0.717) is 60.0 Å². The van der Waals surface area contributed by atoms with Crippen molar-refractivity contribution in [3.8, 4) is 28.4 Å². The monoisotopic (exact) mass is 556 g/mol. The fraction of sp³-hybridized carbons (Fsp3) is 0.500. The topological polar surface area (TPSA) is 115 Å². The van der Waals surface area contributed by atoms with Gasteiger partial charge in [0.25, 0.3) is 0 Å². The standard InChI is InChI=1S/C28H37ClN6O4/c1-6-37-28(36)35-13-10-20(11-14-35)31-26-17(2)25(24-18(3)34-39-19(24)4)32-27(33-26)22-16-21(8-9-23(22)29)38-15-7-12-30-5/h8-9,16,20,30H,6-7,10-15H2,1-5H3,(H,31,32,33). The van der Waals surface area contributed by atoms with Crippen molar-refractivity contribution in [1.82, 2.24) is 25.3 Å². The van der Waals surface area contributed by atoms with Crippen molar-refractivity contribution >= 4 is 23.5 Å². The molecule has 1 aromatic carbocycles. The van der Waals surface area contributed by atoms with Crippen molar-refractivity contribution in [2.24, 2.45) is 0 Å². The molecule has 4 rings (SSSR count). The quantitative estimate of drug-likeness (QED) is 0.317. The Bertz CT molecular complexity index is 1270. The molecular formula is C28H37ClN6O4. The van der Waals surface area contributed by atoms with Crippen molar-refractivity contribution in [2.75, 3.05) is 45.2 Å². The molecule has 0 spiro atoms. The molecule has 2 aromatic heterocycles. The molecule has 210 valence electrons. The van der Waals surface area contributed by atoms with E-state index in [4.69, 9.17) is 35.6 Å². The van der Waals surface area contributed by atoms with E-state index in [1.165, 1.54) is 0 Å². The first-order chi connectivity index (χ1) is 18.8. The Hall–Kier alpha value is -3.37. The third-order valence-electron chi connectivity index (χ3n) is 6.80. The Kier molecular flexibility index (Phi) is 9.63. The van der Waals surface area contributed by atoms with Crippen LogP contribution in [0.1, 0.15) is 43.2 Å². The van der Waals surface area contributed by atoms with E-state index in [1.807, 2.05) is 46.9 Å². The molecule has 1 aliphatic heterocycles. The number of likely N-dealkylation sites (tertiary alicyclic amines) is 1. The Labute approximate surface area is 234 Å². The molecule has 0 unspecified atom stereocenters. The number of ether oxygens (including phenoxy) is 2. The minimum Gasteiger partial charge on any atom is -0.494 e. The molecule has 39 heavy (non-hydrogen) atoms. The van der Waals surface area contributed by atoms with Crippen LogP contribution in [0.4, 0.5) is 10.6 Å². The molecule has 0 aliphatic carbocycles. The molecule has 11 heteroatoms. The van der Waals surface area contributed by atoms with E-state index in [1.54, 1.807) is 11.0 Å². The number of benzene rings is 1. The molecule has 0 atom stereocenters. The summed E-state index contributed by atoms with van der Waals surface area (Å²) in [5.41, 5.74) is 3.89. The van der Waals surface area contributed by atoms with Crippen LogP contribution in [-0.4, -0.2) is 72.1 Å². The highest BCUT2D eigenvalue weighted by Gasteiger charge is 2.26. The second-order valence-corrected chi connectivity index (χ2v) is 10.0. The van der Waals surface area contributed by atoms with Gasteiger partial charge in [-0.2, -0.15) is 0 Å². The lowest BCUT2D eigenvalue weighted by molar-refractivity contribution is 0.0983. The fourth-order valence-electron chi connectivity index (χ4n) is 4.66. The number of hydrogen-bond acceptors (Lipinski definition) is 9. The number of nitrogens with one attached hydrogen (secondary N) is 2. The van der Waals surface area contributed by atoms with E-state index in [2.05, 4.69) is 15.8 Å². The van der Waals surface area contributed by atoms with Gasteiger partial charge in [-0.25, -0.2) is 14.8 Å². The van der Waals surface area contributed by atoms with Crippen LogP contribution in [-0.2, 0) is 4.74 Å². The lowest BCUT2D eigenvalue weighted by atomic mass is 10.0. The number of aromatic nitrogens is 3. The molecular weight excluding hydrogens is 520 g/mol. The SMILES string of the molecule is CCOC(=O)N1CCC(Nc2nc(-c3cc(OCCCNC)ccc3Cl)nc(-c3c(C)noc3C)c2C)CC1. The molecule has 0 saturated carbocycles. The number of rotatable bonds is 10. The first kappa shape index (κ1) is 28.6. The first-order valence-corrected chi connectivity index (χ1v) is 13.8. The van der Waals surface area contributed by atoms with E-state index in [-0.39, 0.29) is 12.1 Å². The smallest absolute Gasteiger partial charge is 0.409 e. The highest BCUT2D eigenvalue weighted by molar-refractivity contribution is 6.33. The van der Waals surface area contributed by atoms with Gasteiger partial charge in [0.1, 0.15) is 17.3 Å². The van der Waals surface area contributed by atoms with Crippen LogP contribution in [0.25, 0.3) is 22.6 Å². The Balaban J connectivity index is 1.67. The molecule has 2 N–H and O–H groups in total. The van der Waals surface area contributed by atoms with Crippen LogP contribution in [0, 0.1) is 20.8 Å². The average Bonchev–Trinajstić information content (AvgIpc) is 3.26. The van der Waals surface area contributed by atoms with Gasteiger partial charge >= 0.3 is 6.09 Å². The van der Waals surface area contributed by atoms with E-state index in [0.717, 1.165) is 48.3 Å². The number of hydrogen-bond donors (Lipinski definition) is 2. The predicted molar refractivity (Wildman–Crippen MR) is 151 cm³/mol. The summed E-state index contributed by atoms with van der Waals surface area (Å²) in [5.74, 6) is 2.57. The number of anilines is 1. The van der Waals surface area contributed by atoms with Crippen LogP contribution >= 0.6 is 11.6 Å². The molecule has 3 aromatic rings. The summed E-state index contributed by atoms with van der Waals surface area (Å²) in [6, 6.07) is 5.67. The molecule has 1 amide bonds. The zero-order valence-electron chi connectivity index (χ0n) is 23.3. The molecule has 1 fully saturated rings. The molecule has 10 nitrogen and oxygen atoms in total. The molecule has 1 saturated heterocycles. The van der Waals surface area contributed by atoms with Crippen LogP contribution in [0.3, 0.4) is 0 Å². The molecule has 1 aliphatic rings.